The molecule has 4 heteroatoms. The topological polar surface area (TPSA) is 77.8 Å². The Kier molecular flexibility index (Phi) is 8.50. The summed E-state index contributed by atoms with van der Waals surface area (Å²) in [6, 6.07) is 7.23. The first-order valence-electron chi connectivity index (χ1n) is 11.9. The number of carbonyl (C=O) groups is 1. The molecule has 2 aliphatic rings. The molecule has 6 atom stereocenters. The van der Waals surface area contributed by atoms with Gasteiger partial charge >= 0.3 is 5.97 Å². The molecule has 0 aliphatic heterocycles. The van der Waals surface area contributed by atoms with Gasteiger partial charge in [0.1, 0.15) is 0 Å². The predicted molar refractivity (Wildman–Crippen MR) is 124 cm³/mol. The number of carboxylic acids is 1. The average molecular weight is 427 g/mol. The van der Waals surface area contributed by atoms with Gasteiger partial charge in [0.05, 0.1) is 17.8 Å². The number of hydrogen-bond donors (Lipinski definition) is 3. The zero-order chi connectivity index (χ0) is 22.4. The Labute approximate surface area is 186 Å². The third kappa shape index (κ3) is 6.30. The molecule has 1 fully saturated rings. The van der Waals surface area contributed by atoms with Crippen LogP contribution >= 0.6 is 0 Å². The van der Waals surface area contributed by atoms with E-state index in [9.17, 15) is 20.1 Å². The van der Waals surface area contributed by atoms with E-state index in [0.29, 0.717) is 23.3 Å². The van der Waals surface area contributed by atoms with Crippen molar-refractivity contribution in [1.29, 1.82) is 0 Å². The maximum Gasteiger partial charge on any atom is 0.335 e. The van der Waals surface area contributed by atoms with Crippen molar-refractivity contribution < 1.29 is 20.1 Å². The van der Waals surface area contributed by atoms with Gasteiger partial charge in [-0.1, -0.05) is 75.1 Å². The standard InChI is InChI=1S/C27H38O4/c1-3-4-7-18(2)14-22(28)12-13-24-25-16-19(15-21(25)17-26(24)29)10-11-20-8-5-6-9-23(20)27(30)31/h5-6,8-9,12-13,15,18,21-22,24-26,28-29H,3-4,7,10-11,14,16-17H2,1-2H3,(H,30,31)/b13-12+/t18?,21?,22-,24+,25?,26-/m1/s1. The lowest BCUT2D eigenvalue weighted by Gasteiger charge is -2.19. The van der Waals surface area contributed by atoms with Gasteiger partial charge in [0.15, 0.2) is 0 Å². The third-order valence-electron chi connectivity index (χ3n) is 7.16. The first kappa shape index (κ1) is 23.7. The van der Waals surface area contributed by atoms with Gasteiger partial charge in [-0.15, -0.1) is 0 Å². The van der Waals surface area contributed by atoms with Crippen molar-refractivity contribution in [2.24, 2.45) is 23.7 Å². The van der Waals surface area contributed by atoms with Crippen LogP contribution in [-0.4, -0.2) is 33.5 Å². The highest BCUT2D eigenvalue weighted by Crippen LogP contribution is 2.48. The SMILES string of the molecule is CCCCC(C)C[C@H](O)/C=C/[C@H]1C2CC(CCc3ccccc3C(=O)O)=CC2C[C@H]1O. The molecule has 0 amide bonds. The summed E-state index contributed by atoms with van der Waals surface area (Å²) < 4.78 is 0. The van der Waals surface area contributed by atoms with Crippen LogP contribution in [-0.2, 0) is 6.42 Å². The summed E-state index contributed by atoms with van der Waals surface area (Å²) in [5, 5.41) is 30.4. The predicted octanol–water partition coefficient (Wildman–Crippen LogP) is 5.39. The molecular weight excluding hydrogens is 388 g/mol. The van der Waals surface area contributed by atoms with E-state index in [1.54, 1.807) is 12.1 Å². The second kappa shape index (κ2) is 11.1. The first-order valence-corrected chi connectivity index (χ1v) is 11.9. The van der Waals surface area contributed by atoms with Gasteiger partial charge in [-0.25, -0.2) is 4.79 Å². The maximum absolute atomic E-state index is 11.4. The Morgan fingerprint density at radius 1 is 1.26 bits per heavy atom. The molecule has 0 heterocycles. The molecule has 3 unspecified atom stereocenters. The van der Waals surface area contributed by atoms with Crippen LogP contribution < -0.4 is 0 Å². The third-order valence-corrected chi connectivity index (χ3v) is 7.16. The summed E-state index contributed by atoms with van der Waals surface area (Å²) in [6.07, 6.45) is 13.1. The van der Waals surface area contributed by atoms with E-state index in [1.165, 1.54) is 18.4 Å². The van der Waals surface area contributed by atoms with Gasteiger partial charge in [0.2, 0.25) is 0 Å². The Bertz CT molecular complexity index is 796. The number of aliphatic hydroxyl groups excluding tert-OH is 2. The molecule has 0 spiro atoms. The number of unbranched alkanes of at least 4 members (excludes halogenated alkanes) is 1. The van der Waals surface area contributed by atoms with Crippen LogP contribution in [0.3, 0.4) is 0 Å². The normalized spacial score (nSPS) is 27.3. The van der Waals surface area contributed by atoms with Crippen LogP contribution in [0.15, 0.2) is 48.1 Å². The summed E-state index contributed by atoms with van der Waals surface area (Å²) in [7, 11) is 0. The molecule has 1 saturated carbocycles. The lowest BCUT2D eigenvalue weighted by Crippen LogP contribution is -2.18. The zero-order valence-electron chi connectivity index (χ0n) is 18.9. The Morgan fingerprint density at radius 3 is 2.77 bits per heavy atom. The molecule has 3 N–H and O–H groups in total. The molecule has 0 saturated heterocycles. The quantitative estimate of drug-likeness (QED) is 0.414. The van der Waals surface area contributed by atoms with Gasteiger partial charge in [0, 0.05) is 5.92 Å². The first-order chi connectivity index (χ1) is 14.9. The van der Waals surface area contributed by atoms with E-state index >= 15 is 0 Å². The van der Waals surface area contributed by atoms with Crippen molar-refractivity contribution in [3.8, 4) is 0 Å². The molecular formula is C27H38O4. The van der Waals surface area contributed by atoms with Gasteiger partial charge < -0.3 is 15.3 Å². The second-order valence-corrected chi connectivity index (χ2v) is 9.63. The monoisotopic (exact) mass is 426 g/mol. The van der Waals surface area contributed by atoms with E-state index in [0.717, 1.165) is 44.1 Å². The minimum absolute atomic E-state index is 0.0886. The number of benzene rings is 1. The van der Waals surface area contributed by atoms with E-state index in [2.05, 4.69) is 26.0 Å². The maximum atomic E-state index is 11.4. The van der Waals surface area contributed by atoms with Crippen molar-refractivity contribution in [3.05, 3.63) is 59.2 Å². The molecule has 0 bridgehead atoms. The highest BCUT2D eigenvalue weighted by molar-refractivity contribution is 5.89. The fourth-order valence-electron chi connectivity index (χ4n) is 5.45. The number of fused-ring (bicyclic) bond motifs is 1. The fourth-order valence-corrected chi connectivity index (χ4v) is 5.45. The summed E-state index contributed by atoms with van der Waals surface area (Å²) in [5.41, 5.74) is 2.64. The lowest BCUT2D eigenvalue weighted by atomic mass is 9.88. The minimum Gasteiger partial charge on any atom is -0.478 e. The van der Waals surface area contributed by atoms with Crippen LogP contribution in [0.1, 0.15) is 74.7 Å². The largest absolute Gasteiger partial charge is 0.478 e. The smallest absolute Gasteiger partial charge is 0.335 e. The summed E-state index contributed by atoms with van der Waals surface area (Å²) in [4.78, 5) is 11.4. The molecule has 31 heavy (non-hydrogen) atoms. The van der Waals surface area contributed by atoms with E-state index < -0.39 is 12.1 Å². The molecule has 1 aromatic carbocycles. The lowest BCUT2D eigenvalue weighted by molar-refractivity contribution is 0.0695. The van der Waals surface area contributed by atoms with Crippen molar-refractivity contribution in [2.75, 3.05) is 0 Å². The number of rotatable bonds is 11. The van der Waals surface area contributed by atoms with Gasteiger partial charge in [-0.2, -0.15) is 0 Å². The summed E-state index contributed by atoms with van der Waals surface area (Å²) in [5.74, 6) is 0.499. The number of aliphatic hydroxyl groups is 2. The van der Waals surface area contributed by atoms with Crippen LogP contribution in [0, 0.1) is 23.7 Å². The number of carboxylic acid groups (broad SMARTS) is 1. The van der Waals surface area contributed by atoms with Crippen LogP contribution in [0.5, 0.6) is 0 Å². The molecule has 0 aromatic heterocycles. The van der Waals surface area contributed by atoms with Crippen molar-refractivity contribution >= 4 is 5.97 Å². The highest BCUT2D eigenvalue weighted by atomic mass is 16.4. The Balaban J connectivity index is 1.54. The van der Waals surface area contributed by atoms with Crippen LogP contribution in [0.25, 0.3) is 0 Å². The van der Waals surface area contributed by atoms with E-state index in [4.69, 9.17) is 0 Å². The zero-order valence-corrected chi connectivity index (χ0v) is 18.9. The molecule has 4 nitrogen and oxygen atoms in total. The number of allylic oxidation sites excluding steroid dienone is 2. The minimum atomic E-state index is -0.872. The molecule has 3 rings (SSSR count). The number of aryl methyl sites for hydroxylation is 1. The average Bonchev–Trinajstić information content (AvgIpc) is 3.25. The van der Waals surface area contributed by atoms with Gasteiger partial charge in [0.25, 0.3) is 0 Å². The van der Waals surface area contributed by atoms with Crippen LogP contribution in [0.4, 0.5) is 0 Å². The summed E-state index contributed by atoms with van der Waals surface area (Å²) >= 11 is 0. The van der Waals surface area contributed by atoms with Crippen molar-refractivity contribution in [3.63, 3.8) is 0 Å². The molecule has 2 aliphatic carbocycles. The Hall–Kier alpha value is -1.91. The second-order valence-electron chi connectivity index (χ2n) is 9.63. The molecule has 0 radical (unpaired) electrons. The molecule has 170 valence electrons. The molecule has 1 aromatic rings. The summed E-state index contributed by atoms with van der Waals surface area (Å²) in [6.45, 7) is 4.39. The Morgan fingerprint density at radius 2 is 2.03 bits per heavy atom. The number of hydrogen-bond acceptors (Lipinski definition) is 3. The van der Waals surface area contributed by atoms with Crippen LogP contribution in [0.2, 0.25) is 0 Å². The van der Waals surface area contributed by atoms with E-state index in [1.807, 2.05) is 18.2 Å². The van der Waals surface area contributed by atoms with Crippen molar-refractivity contribution in [2.45, 2.75) is 77.4 Å². The van der Waals surface area contributed by atoms with Gasteiger partial charge in [-0.05, 0) is 61.5 Å². The van der Waals surface area contributed by atoms with Crippen molar-refractivity contribution in [1.82, 2.24) is 0 Å². The highest BCUT2D eigenvalue weighted by Gasteiger charge is 2.43. The van der Waals surface area contributed by atoms with E-state index in [-0.39, 0.29) is 12.0 Å². The van der Waals surface area contributed by atoms with Gasteiger partial charge in [-0.3, -0.25) is 0 Å². The fraction of sp³-hybridized carbons (Fsp3) is 0.593. The number of aromatic carboxylic acids is 1.